The Morgan fingerprint density at radius 1 is 1.58 bits per heavy atom. The van der Waals surface area contributed by atoms with Crippen molar-refractivity contribution in [2.75, 3.05) is 40.4 Å². The summed E-state index contributed by atoms with van der Waals surface area (Å²) in [7, 11) is 3.87. The highest BCUT2D eigenvalue weighted by atomic mass is 127. The Kier molecular flexibility index (Phi) is 9.88. The van der Waals surface area contributed by atoms with Crippen molar-refractivity contribution >= 4 is 52.9 Å². The Morgan fingerprint density at radius 2 is 2.33 bits per heavy atom. The van der Waals surface area contributed by atoms with Gasteiger partial charge in [-0.05, 0) is 26.0 Å². The maximum atomic E-state index is 6.00. The van der Waals surface area contributed by atoms with E-state index in [9.17, 15) is 0 Å². The van der Waals surface area contributed by atoms with Crippen LogP contribution in [0.25, 0.3) is 0 Å². The van der Waals surface area contributed by atoms with E-state index in [1.165, 1.54) is 4.88 Å². The molecule has 0 amide bonds. The quantitative estimate of drug-likeness (QED) is 0.394. The van der Waals surface area contributed by atoms with Crippen molar-refractivity contribution in [3.63, 3.8) is 0 Å². The third-order valence-corrected chi connectivity index (χ3v) is 5.35. The van der Waals surface area contributed by atoms with E-state index in [1.54, 1.807) is 11.3 Å². The number of rotatable bonds is 5. The first-order valence-corrected chi connectivity index (χ1v) is 9.20. The summed E-state index contributed by atoms with van der Waals surface area (Å²) in [6, 6.07) is 4.91. The van der Waals surface area contributed by atoms with Crippen LogP contribution in [0.3, 0.4) is 0 Å². The van der Waals surface area contributed by atoms with Gasteiger partial charge < -0.3 is 15.0 Å². The second-order valence-corrected chi connectivity index (χ2v) is 7.80. The SMILES string of the molecule is CN=C(NCC(C)N1CCOCC1C)N(C)Cc1ccc(Cl)s1.I. The van der Waals surface area contributed by atoms with E-state index in [2.05, 4.69) is 40.0 Å². The molecule has 2 unspecified atom stereocenters. The first-order chi connectivity index (χ1) is 11.0. The standard InChI is InChI=1S/C16H27ClN4OS.HI/c1-12(21-7-8-22-11-13(21)2)9-19-16(18-3)20(4)10-14-5-6-15(17)23-14;/h5-6,12-13H,7-11H2,1-4H3,(H,18,19);1H. The van der Waals surface area contributed by atoms with Crippen molar-refractivity contribution in [3.05, 3.63) is 21.3 Å². The van der Waals surface area contributed by atoms with E-state index < -0.39 is 0 Å². The molecule has 0 bridgehead atoms. The van der Waals surface area contributed by atoms with E-state index in [4.69, 9.17) is 16.3 Å². The molecule has 1 saturated heterocycles. The number of nitrogens with one attached hydrogen (secondary N) is 1. The lowest BCUT2D eigenvalue weighted by atomic mass is 10.2. The van der Waals surface area contributed by atoms with Crippen LogP contribution >= 0.6 is 46.9 Å². The predicted octanol–water partition coefficient (Wildman–Crippen LogP) is 3.14. The minimum absolute atomic E-state index is 0. The second-order valence-electron chi connectivity index (χ2n) is 6.00. The van der Waals surface area contributed by atoms with Gasteiger partial charge in [-0.2, -0.15) is 0 Å². The molecule has 1 N–H and O–H groups in total. The molecule has 0 aromatic carbocycles. The number of halogens is 2. The van der Waals surface area contributed by atoms with Crippen molar-refractivity contribution in [1.82, 2.24) is 15.1 Å². The Balaban J connectivity index is 0.00000288. The van der Waals surface area contributed by atoms with Gasteiger partial charge in [0.25, 0.3) is 0 Å². The van der Waals surface area contributed by atoms with Crippen LogP contribution in [0.5, 0.6) is 0 Å². The monoisotopic (exact) mass is 486 g/mol. The van der Waals surface area contributed by atoms with Crippen LogP contribution in [-0.4, -0.2) is 68.2 Å². The molecule has 138 valence electrons. The zero-order valence-corrected chi connectivity index (χ0v) is 18.7. The van der Waals surface area contributed by atoms with Crippen molar-refractivity contribution < 1.29 is 4.74 Å². The topological polar surface area (TPSA) is 40.1 Å². The summed E-state index contributed by atoms with van der Waals surface area (Å²) in [4.78, 5) is 10.2. The number of hydrogen-bond acceptors (Lipinski definition) is 4. The van der Waals surface area contributed by atoms with Crippen LogP contribution < -0.4 is 5.32 Å². The highest BCUT2D eigenvalue weighted by Gasteiger charge is 2.23. The van der Waals surface area contributed by atoms with E-state index >= 15 is 0 Å². The van der Waals surface area contributed by atoms with Gasteiger partial charge in [0.1, 0.15) is 0 Å². The fourth-order valence-electron chi connectivity index (χ4n) is 2.88. The average molecular weight is 487 g/mol. The molecule has 0 aliphatic carbocycles. The third-order valence-electron chi connectivity index (χ3n) is 4.14. The van der Waals surface area contributed by atoms with Gasteiger partial charge in [0.15, 0.2) is 5.96 Å². The van der Waals surface area contributed by atoms with Gasteiger partial charge >= 0.3 is 0 Å². The largest absolute Gasteiger partial charge is 0.379 e. The third kappa shape index (κ3) is 6.33. The van der Waals surface area contributed by atoms with E-state index in [-0.39, 0.29) is 24.0 Å². The Labute approximate surface area is 171 Å². The normalized spacial score (nSPS) is 20.4. The molecule has 5 nitrogen and oxygen atoms in total. The molecule has 0 spiro atoms. The Bertz CT molecular complexity index is 528. The minimum Gasteiger partial charge on any atom is -0.379 e. The lowest BCUT2D eigenvalue weighted by Gasteiger charge is -2.38. The predicted molar refractivity (Wildman–Crippen MR) is 114 cm³/mol. The number of morpholine rings is 1. The summed E-state index contributed by atoms with van der Waals surface area (Å²) in [5, 5.41) is 3.48. The van der Waals surface area contributed by atoms with Gasteiger partial charge in [0.2, 0.25) is 0 Å². The summed E-state index contributed by atoms with van der Waals surface area (Å²) in [6.45, 7) is 8.77. The summed E-state index contributed by atoms with van der Waals surface area (Å²) < 4.78 is 6.34. The molecule has 0 saturated carbocycles. The van der Waals surface area contributed by atoms with Gasteiger partial charge in [-0.15, -0.1) is 35.3 Å². The molecule has 1 aromatic heterocycles. The first kappa shape index (κ1) is 22.0. The number of thiophene rings is 1. The maximum absolute atomic E-state index is 6.00. The molecule has 0 radical (unpaired) electrons. The molecule has 1 aliphatic heterocycles. The molecule has 2 rings (SSSR count). The van der Waals surface area contributed by atoms with E-state index in [1.807, 2.05) is 20.2 Å². The lowest BCUT2D eigenvalue weighted by molar-refractivity contribution is -0.0175. The van der Waals surface area contributed by atoms with E-state index in [0.29, 0.717) is 12.1 Å². The van der Waals surface area contributed by atoms with Gasteiger partial charge in [-0.3, -0.25) is 9.89 Å². The van der Waals surface area contributed by atoms with Crippen LogP contribution in [0, 0.1) is 0 Å². The molecule has 1 aliphatic rings. The van der Waals surface area contributed by atoms with Crippen LogP contribution in [0.1, 0.15) is 18.7 Å². The molecule has 1 fully saturated rings. The summed E-state index contributed by atoms with van der Waals surface area (Å²) in [5.41, 5.74) is 0. The molecular weight excluding hydrogens is 459 g/mol. The highest BCUT2D eigenvalue weighted by molar-refractivity contribution is 14.0. The van der Waals surface area contributed by atoms with Gasteiger partial charge in [-0.1, -0.05) is 11.6 Å². The van der Waals surface area contributed by atoms with E-state index in [0.717, 1.165) is 43.1 Å². The summed E-state index contributed by atoms with van der Waals surface area (Å²) in [5.74, 6) is 0.905. The maximum Gasteiger partial charge on any atom is 0.193 e. The number of aliphatic imine (C=N–C) groups is 1. The zero-order chi connectivity index (χ0) is 16.8. The average Bonchev–Trinajstić information content (AvgIpc) is 2.93. The first-order valence-electron chi connectivity index (χ1n) is 8.00. The van der Waals surface area contributed by atoms with Crippen molar-refractivity contribution in [2.24, 2.45) is 4.99 Å². The summed E-state index contributed by atoms with van der Waals surface area (Å²) in [6.07, 6.45) is 0. The van der Waals surface area contributed by atoms with Gasteiger partial charge in [0, 0.05) is 44.1 Å². The van der Waals surface area contributed by atoms with Crippen molar-refractivity contribution in [2.45, 2.75) is 32.5 Å². The van der Waals surface area contributed by atoms with Gasteiger partial charge in [-0.25, -0.2) is 0 Å². The van der Waals surface area contributed by atoms with Crippen LogP contribution in [0.15, 0.2) is 17.1 Å². The fraction of sp³-hybridized carbons (Fsp3) is 0.688. The molecule has 2 heterocycles. The van der Waals surface area contributed by atoms with Crippen molar-refractivity contribution in [1.29, 1.82) is 0 Å². The smallest absolute Gasteiger partial charge is 0.193 e. The number of nitrogens with zero attached hydrogens (tertiary/aromatic N) is 3. The Hall–Kier alpha value is -0.0900. The summed E-state index contributed by atoms with van der Waals surface area (Å²) >= 11 is 7.61. The lowest BCUT2D eigenvalue weighted by Crippen LogP contribution is -2.53. The molecule has 1 aromatic rings. The Morgan fingerprint density at radius 3 is 2.92 bits per heavy atom. The van der Waals surface area contributed by atoms with Gasteiger partial charge in [0.05, 0.1) is 24.1 Å². The van der Waals surface area contributed by atoms with Crippen LogP contribution in [0.2, 0.25) is 4.34 Å². The number of guanidine groups is 1. The van der Waals surface area contributed by atoms with Crippen LogP contribution in [-0.2, 0) is 11.3 Å². The number of ether oxygens (including phenoxy) is 1. The molecular formula is C16H28ClIN4OS. The molecule has 24 heavy (non-hydrogen) atoms. The number of hydrogen-bond donors (Lipinski definition) is 1. The van der Waals surface area contributed by atoms with Crippen LogP contribution in [0.4, 0.5) is 0 Å². The molecule has 8 heteroatoms. The second kappa shape index (κ2) is 10.8. The highest BCUT2D eigenvalue weighted by Crippen LogP contribution is 2.22. The minimum atomic E-state index is 0. The molecule has 2 atom stereocenters. The fourth-order valence-corrected chi connectivity index (χ4v) is 4.02. The van der Waals surface area contributed by atoms with Crippen molar-refractivity contribution in [3.8, 4) is 0 Å². The zero-order valence-electron chi connectivity index (χ0n) is 14.8.